The number of amides is 2. The Kier molecular flexibility index (Phi) is 5.71. The minimum atomic E-state index is -0.444. The molecule has 1 fully saturated rings. The quantitative estimate of drug-likeness (QED) is 0.479. The molecule has 1 saturated heterocycles. The van der Waals surface area contributed by atoms with Crippen molar-refractivity contribution in [2.75, 3.05) is 31.5 Å². The first-order chi connectivity index (χ1) is 13.9. The Morgan fingerprint density at radius 2 is 2.07 bits per heavy atom. The summed E-state index contributed by atoms with van der Waals surface area (Å²) >= 11 is 1.51. The van der Waals surface area contributed by atoms with E-state index in [0.717, 1.165) is 69.0 Å². The average Bonchev–Trinajstić information content (AvgIpc) is 3.37. The van der Waals surface area contributed by atoms with Gasteiger partial charge in [-0.15, -0.1) is 11.3 Å². The molecule has 3 heterocycles. The average molecular weight is 420 g/mol. The number of aryl methyl sites for hydroxylation is 2. The van der Waals surface area contributed by atoms with Crippen molar-refractivity contribution in [1.82, 2.24) is 5.16 Å². The predicted octanol–water partition coefficient (Wildman–Crippen LogP) is -1.06. The topological polar surface area (TPSA) is 107 Å². The number of carbonyl (C=O) groups is 2. The first kappa shape index (κ1) is 20.1. The maximum absolute atomic E-state index is 12.9. The number of aromatic nitrogens is 1. The summed E-state index contributed by atoms with van der Waals surface area (Å²) in [7, 11) is 0. The molecule has 1 atom stereocenters. The van der Waals surface area contributed by atoms with Gasteiger partial charge in [0.25, 0.3) is 11.8 Å². The minimum Gasteiger partial charge on any atom is -0.365 e. The van der Waals surface area contributed by atoms with Crippen molar-refractivity contribution in [3.63, 3.8) is 0 Å². The Morgan fingerprint density at radius 1 is 1.31 bits per heavy atom. The van der Waals surface area contributed by atoms with Crippen molar-refractivity contribution in [3.05, 3.63) is 33.5 Å². The molecule has 5 N–H and O–H groups in total. The number of thiophene rings is 1. The van der Waals surface area contributed by atoms with Gasteiger partial charge in [0.05, 0.1) is 5.56 Å². The van der Waals surface area contributed by atoms with E-state index in [-0.39, 0.29) is 11.9 Å². The number of anilines is 1. The SMILES string of the molecule is Cc1cc(C[NH+]2CC[NH+]([C@H](C)C(=O)Nc3sc4c(c3C(N)=O)CCC4)CC2)no1. The van der Waals surface area contributed by atoms with Gasteiger partial charge in [0, 0.05) is 10.9 Å². The molecule has 2 amide bonds. The molecular formula is C20H29N5O3S+2. The highest BCUT2D eigenvalue weighted by Crippen LogP contribution is 2.38. The van der Waals surface area contributed by atoms with Crippen LogP contribution in [0.15, 0.2) is 10.6 Å². The number of primary amides is 1. The largest absolute Gasteiger partial charge is 0.365 e. The van der Waals surface area contributed by atoms with Crippen LogP contribution in [0, 0.1) is 6.92 Å². The van der Waals surface area contributed by atoms with Gasteiger partial charge in [0.1, 0.15) is 49.2 Å². The summed E-state index contributed by atoms with van der Waals surface area (Å²) in [4.78, 5) is 28.7. The number of hydrogen-bond acceptors (Lipinski definition) is 5. The van der Waals surface area contributed by atoms with Crippen molar-refractivity contribution in [3.8, 4) is 0 Å². The van der Waals surface area contributed by atoms with Gasteiger partial charge < -0.3 is 25.4 Å². The smallest absolute Gasteiger partial charge is 0.283 e. The van der Waals surface area contributed by atoms with Gasteiger partial charge in [0.2, 0.25) is 0 Å². The third-order valence-corrected chi connectivity index (χ3v) is 7.32. The molecule has 0 saturated carbocycles. The van der Waals surface area contributed by atoms with E-state index in [4.69, 9.17) is 10.3 Å². The highest BCUT2D eigenvalue weighted by Gasteiger charge is 2.33. The number of nitrogens with zero attached hydrogens (tertiary/aromatic N) is 1. The molecule has 9 heteroatoms. The second-order valence-corrected chi connectivity index (χ2v) is 9.26. The first-order valence-electron chi connectivity index (χ1n) is 10.3. The predicted molar refractivity (Wildman–Crippen MR) is 109 cm³/mol. The zero-order valence-electron chi connectivity index (χ0n) is 17.0. The molecule has 1 aliphatic carbocycles. The molecule has 0 unspecified atom stereocenters. The maximum atomic E-state index is 12.9. The Labute approximate surface area is 174 Å². The van der Waals surface area contributed by atoms with Crippen molar-refractivity contribution in [2.45, 2.75) is 45.7 Å². The number of fused-ring (bicyclic) bond motifs is 1. The van der Waals surface area contributed by atoms with E-state index >= 15 is 0 Å². The maximum Gasteiger partial charge on any atom is 0.283 e. The Balaban J connectivity index is 1.34. The lowest BCUT2D eigenvalue weighted by atomic mass is 10.1. The summed E-state index contributed by atoms with van der Waals surface area (Å²) in [6, 6.07) is 1.81. The zero-order valence-corrected chi connectivity index (χ0v) is 17.8. The molecule has 0 bridgehead atoms. The van der Waals surface area contributed by atoms with Crippen LogP contribution in [0.5, 0.6) is 0 Å². The van der Waals surface area contributed by atoms with Crippen molar-refractivity contribution in [1.29, 1.82) is 0 Å². The molecule has 2 aromatic heterocycles. The molecule has 0 aromatic carbocycles. The summed E-state index contributed by atoms with van der Waals surface area (Å²) in [6.45, 7) is 8.53. The Bertz CT molecular complexity index is 913. The summed E-state index contributed by atoms with van der Waals surface area (Å²) in [5, 5.41) is 7.71. The van der Waals surface area contributed by atoms with Gasteiger partial charge in [0.15, 0.2) is 6.04 Å². The van der Waals surface area contributed by atoms with Crippen molar-refractivity contribution < 1.29 is 23.9 Å². The number of rotatable bonds is 6. The fraction of sp³-hybridized carbons (Fsp3) is 0.550. The number of nitrogens with two attached hydrogens (primary N) is 1. The normalized spacial score (nSPS) is 22.3. The molecular weight excluding hydrogens is 390 g/mol. The van der Waals surface area contributed by atoms with Crippen LogP contribution in [-0.4, -0.2) is 49.2 Å². The van der Waals surface area contributed by atoms with E-state index in [0.29, 0.717) is 10.6 Å². The van der Waals surface area contributed by atoms with Gasteiger partial charge in [-0.1, -0.05) is 5.16 Å². The fourth-order valence-electron chi connectivity index (χ4n) is 4.45. The van der Waals surface area contributed by atoms with Crippen molar-refractivity contribution in [2.24, 2.45) is 5.73 Å². The highest BCUT2D eigenvalue weighted by atomic mass is 32.1. The molecule has 2 aliphatic rings. The highest BCUT2D eigenvalue weighted by molar-refractivity contribution is 7.17. The Hall–Kier alpha value is -2.23. The van der Waals surface area contributed by atoms with E-state index in [9.17, 15) is 9.59 Å². The van der Waals surface area contributed by atoms with Crippen molar-refractivity contribution >= 4 is 28.2 Å². The third kappa shape index (κ3) is 4.22. The second kappa shape index (κ2) is 8.25. The van der Waals surface area contributed by atoms with Crippen LogP contribution < -0.4 is 20.9 Å². The summed E-state index contributed by atoms with van der Waals surface area (Å²) in [6.07, 6.45) is 2.89. The van der Waals surface area contributed by atoms with Crippen LogP contribution in [0.3, 0.4) is 0 Å². The molecule has 0 spiro atoms. The monoisotopic (exact) mass is 419 g/mol. The second-order valence-electron chi connectivity index (χ2n) is 8.15. The number of hydrogen-bond donors (Lipinski definition) is 4. The van der Waals surface area contributed by atoms with Gasteiger partial charge in [-0.3, -0.25) is 9.59 Å². The lowest BCUT2D eigenvalue weighted by Crippen LogP contribution is -3.29. The van der Waals surface area contributed by atoms with Crippen LogP contribution >= 0.6 is 11.3 Å². The minimum absolute atomic E-state index is 0.0435. The van der Waals surface area contributed by atoms with E-state index in [1.807, 2.05) is 19.9 Å². The molecule has 4 rings (SSSR count). The van der Waals surface area contributed by atoms with Crippen LogP contribution in [0.4, 0.5) is 5.00 Å². The van der Waals surface area contributed by atoms with Gasteiger partial charge in [-0.25, -0.2) is 0 Å². The van der Waals surface area contributed by atoms with Crippen LogP contribution in [-0.2, 0) is 24.2 Å². The van der Waals surface area contributed by atoms with Crippen LogP contribution in [0.2, 0.25) is 0 Å². The standard InChI is InChI=1S/C20H27N5O3S/c1-12-10-14(23-28-12)11-24-6-8-25(9-7-24)13(2)19(27)22-20-17(18(21)26)15-4-3-5-16(15)29-20/h10,13H,3-9,11H2,1-2H3,(H2,21,26)(H,22,27)/p+2/t13-/m1/s1. The first-order valence-corrected chi connectivity index (χ1v) is 11.1. The summed E-state index contributed by atoms with van der Waals surface area (Å²) in [5.74, 6) is 0.349. The molecule has 29 heavy (non-hydrogen) atoms. The summed E-state index contributed by atoms with van der Waals surface area (Å²) in [5.41, 5.74) is 8.15. The molecule has 1 aliphatic heterocycles. The van der Waals surface area contributed by atoms with Gasteiger partial charge in [-0.05, 0) is 38.7 Å². The number of piperazine rings is 1. The van der Waals surface area contributed by atoms with E-state index in [1.165, 1.54) is 26.0 Å². The molecule has 156 valence electrons. The molecule has 0 radical (unpaired) electrons. The number of quaternary nitrogens is 2. The van der Waals surface area contributed by atoms with E-state index in [2.05, 4.69) is 10.5 Å². The number of nitrogens with one attached hydrogen (secondary N) is 3. The van der Waals surface area contributed by atoms with Gasteiger partial charge in [-0.2, -0.15) is 0 Å². The summed E-state index contributed by atoms with van der Waals surface area (Å²) < 4.78 is 5.15. The number of carbonyl (C=O) groups excluding carboxylic acids is 2. The third-order valence-electron chi connectivity index (χ3n) is 6.12. The van der Waals surface area contributed by atoms with Crippen LogP contribution in [0.1, 0.15) is 45.6 Å². The fourth-order valence-corrected chi connectivity index (χ4v) is 5.75. The Morgan fingerprint density at radius 3 is 2.72 bits per heavy atom. The zero-order chi connectivity index (χ0) is 20.5. The van der Waals surface area contributed by atoms with E-state index in [1.54, 1.807) is 0 Å². The van der Waals surface area contributed by atoms with Gasteiger partial charge >= 0.3 is 0 Å². The molecule has 2 aromatic rings. The van der Waals surface area contributed by atoms with E-state index < -0.39 is 5.91 Å². The van der Waals surface area contributed by atoms with Crippen LogP contribution in [0.25, 0.3) is 0 Å². The lowest BCUT2D eigenvalue weighted by molar-refractivity contribution is -1.02. The molecule has 8 nitrogen and oxygen atoms in total. The lowest BCUT2D eigenvalue weighted by Gasteiger charge is -2.32.